The largest absolute Gasteiger partial charge is 0.314 e. The highest BCUT2D eigenvalue weighted by Gasteiger charge is 2.41. The molecule has 1 saturated carbocycles. The first-order chi connectivity index (χ1) is 9.78. The molecule has 3 rings (SSSR count). The van der Waals surface area contributed by atoms with Crippen molar-refractivity contribution in [3.05, 3.63) is 0 Å². The van der Waals surface area contributed by atoms with Crippen LogP contribution in [0.2, 0.25) is 0 Å². The first-order valence-electron chi connectivity index (χ1n) is 9.23. The smallest absolute Gasteiger partial charge is 0.00991 e. The Hall–Kier alpha value is -0.0800. The molecule has 1 aliphatic carbocycles. The number of hydrogen-bond donors (Lipinski definition) is 1. The van der Waals surface area contributed by atoms with E-state index >= 15 is 0 Å². The highest BCUT2D eigenvalue weighted by molar-refractivity contribution is 4.97. The lowest BCUT2D eigenvalue weighted by atomic mass is 9.81. The second-order valence-corrected chi connectivity index (χ2v) is 7.73. The third-order valence-electron chi connectivity index (χ3n) is 6.42. The zero-order valence-corrected chi connectivity index (χ0v) is 13.6. The summed E-state index contributed by atoms with van der Waals surface area (Å²) in [5.41, 5.74) is 0. The molecule has 3 atom stereocenters. The van der Waals surface area contributed by atoms with Gasteiger partial charge in [0.05, 0.1) is 0 Å². The number of hydrogen-bond acceptors (Lipinski definition) is 2. The summed E-state index contributed by atoms with van der Waals surface area (Å²) in [6, 6.07) is 2.61. The van der Waals surface area contributed by atoms with Crippen LogP contribution < -0.4 is 5.32 Å². The summed E-state index contributed by atoms with van der Waals surface area (Å²) in [7, 11) is 2.37. The molecule has 0 spiro atoms. The number of nitrogens with zero attached hydrogens (tertiary/aromatic N) is 1. The van der Waals surface area contributed by atoms with Crippen LogP contribution in [-0.4, -0.2) is 36.6 Å². The van der Waals surface area contributed by atoms with Gasteiger partial charge < -0.3 is 10.2 Å². The van der Waals surface area contributed by atoms with Gasteiger partial charge in [0.15, 0.2) is 0 Å². The lowest BCUT2D eigenvalue weighted by Gasteiger charge is -2.41. The van der Waals surface area contributed by atoms with E-state index in [1.54, 1.807) is 0 Å². The Balaban J connectivity index is 1.59. The first kappa shape index (κ1) is 14.8. The van der Waals surface area contributed by atoms with Gasteiger partial charge in [0.25, 0.3) is 0 Å². The normalized spacial score (nSPS) is 36.6. The van der Waals surface area contributed by atoms with E-state index in [2.05, 4.69) is 24.2 Å². The molecule has 2 saturated heterocycles. The van der Waals surface area contributed by atoms with Gasteiger partial charge >= 0.3 is 0 Å². The van der Waals surface area contributed by atoms with Crippen molar-refractivity contribution in [1.29, 1.82) is 0 Å². The maximum absolute atomic E-state index is 3.93. The van der Waals surface area contributed by atoms with Gasteiger partial charge in [-0.05, 0) is 64.0 Å². The molecule has 0 radical (unpaired) electrons. The van der Waals surface area contributed by atoms with Crippen LogP contribution in [0.15, 0.2) is 0 Å². The van der Waals surface area contributed by atoms with Crippen LogP contribution in [0, 0.1) is 11.8 Å². The molecule has 0 amide bonds. The predicted molar refractivity (Wildman–Crippen MR) is 86.0 cm³/mol. The Labute approximate surface area is 125 Å². The molecule has 1 N–H and O–H groups in total. The van der Waals surface area contributed by atoms with Crippen molar-refractivity contribution < 1.29 is 0 Å². The fourth-order valence-corrected chi connectivity index (χ4v) is 5.16. The van der Waals surface area contributed by atoms with Gasteiger partial charge in [-0.2, -0.15) is 0 Å². The van der Waals surface area contributed by atoms with Crippen molar-refractivity contribution >= 4 is 0 Å². The number of nitrogens with one attached hydrogen (secondary N) is 1. The monoisotopic (exact) mass is 278 g/mol. The summed E-state index contributed by atoms with van der Waals surface area (Å²) in [6.45, 7) is 3.52. The van der Waals surface area contributed by atoms with Crippen molar-refractivity contribution in [2.24, 2.45) is 11.8 Å². The van der Waals surface area contributed by atoms with Crippen LogP contribution in [-0.2, 0) is 0 Å². The van der Waals surface area contributed by atoms with Gasteiger partial charge in [-0.1, -0.05) is 32.6 Å². The van der Waals surface area contributed by atoms with Crippen molar-refractivity contribution in [2.75, 3.05) is 13.6 Å². The number of piperidine rings is 1. The highest BCUT2D eigenvalue weighted by atomic mass is 15.2. The maximum atomic E-state index is 3.93. The minimum Gasteiger partial charge on any atom is -0.314 e. The van der Waals surface area contributed by atoms with Crippen molar-refractivity contribution in [3.63, 3.8) is 0 Å². The molecule has 3 fully saturated rings. The number of rotatable bonds is 6. The molecule has 2 heterocycles. The van der Waals surface area contributed by atoms with E-state index in [4.69, 9.17) is 0 Å². The molecule has 0 aromatic rings. The van der Waals surface area contributed by atoms with E-state index in [9.17, 15) is 0 Å². The zero-order chi connectivity index (χ0) is 13.9. The molecule has 2 nitrogen and oxygen atoms in total. The van der Waals surface area contributed by atoms with Crippen molar-refractivity contribution in [2.45, 2.75) is 89.3 Å². The van der Waals surface area contributed by atoms with E-state index in [-0.39, 0.29) is 0 Å². The summed E-state index contributed by atoms with van der Waals surface area (Å²) in [5, 5.41) is 3.93. The lowest BCUT2D eigenvalue weighted by molar-refractivity contribution is 0.105. The maximum Gasteiger partial charge on any atom is 0.00991 e. The molecule has 116 valence electrons. The molecule has 2 heteroatoms. The predicted octanol–water partition coefficient (Wildman–Crippen LogP) is 3.81. The minimum absolute atomic E-state index is 0.815. The van der Waals surface area contributed by atoms with Crippen LogP contribution in [0.4, 0.5) is 0 Å². The van der Waals surface area contributed by atoms with E-state index < -0.39 is 0 Å². The molecule has 3 unspecified atom stereocenters. The van der Waals surface area contributed by atoms with Crippen LogP contribution in [0.1, 0.15) is 71.1 Å². The third kappa shape index (κ3) is 3.22. The standard InChI is InChI=1S/C18H34N2/c1-3-10-19-18(11-14-6-4-5-7-14)15-12-16-8-9-17(13-15)20(16)2/h14-19H,3-13H2,1-2H3. The Morgan fingerprint density at radius 2 is 1.70 bits per heavy atom. The van der Waals surface area contributed by atoms with Crippen LogP contribution in [0.5, 0.6) is 0 Å². The van der Waals surface area contributed by atoms with Crippen molar-refractivity contribution in [3.8, 4) is 0 Å². The van der Waals surface area contributed by atoms with Gasteiger partial charge in [0, 0.05) is 18.1 Å². The van der Waals surface area contributed by atoms with E-state index in [1.165, 1.54) is 70.8 Å². The second kappa shape index (κ2) is 6.79. The molecular formula is C18H34N2. The zero-order valence-electron chi connectivity index (χ0n) is 13.6. The Bertz CT molecular complexity index is 284. The van der Waals surface area contributed by atoms with Gasteiger partial charge in [0.2, 0.25) is 0 Å². The van der Waals surface area contributed by atoms with Crippen LogP contribution in [0.25, 0.3) is 0 Å². The van der Waals surface area contributed by atoms with Crippen LogP contribution in [0.3, 0.4) is 0 Å². The summed E-state index contributed by atoms with van der Waals surface area (Å²) in [4.78, 5) is 2.68. The molecule has 0 aromatic heterocycles. The van der Waals surface area contributed by atoms with E-state index in [1.807, 2.05) is 0 Å². The Kier molecular flexibility index (Phi) is 5.04. The van der Waals surface area contributed by atoms with Gasteiger partial charge in [0.1, 0.15) is 0 Å². The molecule has 2 bridgehead atoms. The summed E-state index contributed by atoms with van der Waals surface area (Å²) < 4.78 is 0. The molecule has 0 aromatic carbocycles. The Morgan fingerprint density at radius 1 is 1.05 bits per heavy atom. The Morgan fingerprint density at radius 3 is 2.30 bits per heavy atom. The first-order valence-corrected chi connectivity index (χ1v) is 9.23. The van der Waals surface area contributed by atoms with Crippen LogP contribution >= 0.6 is 0 Å². The van der Waals surface area contributed by atoms with Gasteiger partial charge in [-0.15, -0.1) is 0 Å². The SMILES string of the molecule is CCCNC(CC1CCCC1)C1CC2CCC(C1)N2C. The second-order valence-electron chi connectivity index (χ2n) is 7.73. The van der Waals surface area contributed by atoms with Crippen molar-refractivity contribution in [1.82, 2.24) is 10.2 Å². The molecule has 3 aliphatic rings. The summed E-state index contributed by atoms with van der Waals surface area (Å²) >= 11 is 0. The quantitative estimate of drug-likeness (QED) is 0.795. The van der Waals surface area contributed by atoms with Gasteiger partial charge in [-0.3, -0.25) is 0 Å². The fourth-order valence-electron chi connectivity index (χ4n) is 5.16. The van der Waals surface area contributed by atoms with E-state index in [0.29, 0.717) is 0 Å². The lowest BCUT2D eigenvalue weighted by Crippen LogP contribution is -2.47. The van der Waals surface area contributed by atoms with Gasteiger partial charge in [-0.25, -0.2) is 0 Å². The third-order valence-corrected chi connectivity index (χ3v) is 6.42. The molecule has 20 heavy (non-hydrogen) atoms. The number of fused-ring (bicyclic) bond motifs is 2. The topological polar surface area (TPSA) is 15.3 Å². The fraction of sp³-hybridized carbons (Fsp3) is 1.00. The molecule has 2 aliphatic heterocycles. The van der Waals surface area contributed by atoms with E-state index in [0.717, 1.165) is 30.0 Å². The summed E-state index contributed by atoms with van der Waals surface area (Å²) in [5.74, 6) is 1.98. The summed E-state index contributed by atoms with van der Waals surface area (Å²) in [6.07, 6.45) is 14.6. The average Bonchev–Trinajstić information content (AvgIpc) is 3.00. The minimum atomic E-state index is 0.815. The molecular weight excluding hydrogens is 244 g/mol. The highest BCUT2D eigenvalue weighted by Crippen LogP contribution is 2.41. The average molecular weight is 278 g/mol.